The highest BCUT2D eigenvalue weighted by Crippen LogP contribution is 2.55. The van der Waals surface area contributed by atoms with Crippen LogP contribution in [0.4, 0.5) is 17.1 Å². The molecule has 0 fully saturated rings. The molecule has 2 aliphatic rings. The highest BCUT2D eigenvalue weighted by Gasteiger charge is 2.39. The van der Waals surface area contributed by atoms with Crippen LogP contribution >= 0.6 is 11.3 Å². The summed E-state index contributed by atoms with van der Waals surface area (Å²) in [6, 6.07) is 63.8. The first-order chi connectivity index (χ1) is 27.8. The van der Waals surface area contributed by atoms with Gasteiger partial charge in [-0.05, 0) is 117 Å². The number of aromatic nitrogens is 1. The molecule has 12 rings (SSSR count). The van der Waals surface area contributed by atoms with E-state index in [1.807, 2.05) is 11.3 Å². The molecule has 3 heteroatoms. The quantitative estimate of drug-likeness (QED) is 0.175. The van der Waals surface area contributed by atoms with Crippen molar-refractivity contribution in [2.75, 3.05) is 4.90 Å². The lowest BCUT2D eigenvalue weighted by Gasteiger charge is -2.42. The minimum atomic E-state index is -0.199. The summed E-state index contributed by atoms with van der Waals surface area (Å²) >= 11 is 1.87. The summed E-state index contributed by atoms with van der Waals surface area (Å²) < 4.78 is 5.10. The fraction of sp³-hybridized carbons (Fsp3) is 0.111. The van der Waals surface area contributed by atoms with E-state index < -0.39 is 0 Å². The van der Waals surface area contributed by atoms with Crippen molar-refractivity contribution in [1.29, 1.82) is 0 Å². The van der Waals surface area contributed by atoms with E-state index in [0.29, 0.717) is 0 Å². The standard InChI is InChI=1S/C54H40N2S/c1-53(2)43-16-8-5-13-37(43)38-25-23-36(32-45(38)53)56-49-19-11-9-17-44(49)54(3,4)46-30-34(22-27-50(46)56)33-21-26-48-41(29-33)39-14-6-10-18-47(39)55(48)35-24-28-52-42(31-35)40-15-7-12-20-51(40)57-52/h5-32H,1-4H3. The van der Waals surface area contributed by atoms with Crippen LogP contribution in [-0.2, 0) is 10.8 Å². The van der Waals surface area contributed by atoms with Gasteiger partial charge in [0.05, 0.1) is 22.4 Å². The Morgan fingerprint density at radius 1 is 0.386 bits per heavy atom. The Balaban J connectivity index is 1.01. The van der Waals surface area contributed by atoms with Gasteiger partial charge < -0.3 is 9.47 Å². The number of thiophene rings is 1. The summed E-state index contributed by atoms with van der Waals surface area (Å²) in [6.07, 6.45) is 0. The van der Waals surface area contributed by atoms with Crippen molar-refractivity contribution in [2.24, 2.45) is 0 Å². The lowest BCUT2D eigenvalue weighted by atomic mass is 9.72. The molecule has 57 heavy (non-hydrogen) atoms. The monoisotopic (exact) mass is 748 g/mol. The molecule has 1 aliphatic carbocycles. The molecule has 0 amide bonds. The van der Waals surface area contributed by atoms with Gasteiger partial charge in [0, 0.05) is 53.1 Å². The van der Waals surface area contributed by atoms with E-state index in [0.717, 1.165) is 0 Å². The van der Waals surface area contributed by atoms with Gasteiger partial charge in [0.2, 0.25) is 0 Å². The molecule has 0 saturated carbocycles. The molecule has 2 aromatic heterocycles. The molecule has 8 aromatic carbocycles. The van der Waals surface area contributed by atoms with E-state index in [1.165, 1.54) is 109 Å². The Labute approximate surface area is 336 Å². The highest BCUT2D eigenvalue weighted by atomic mass is 32.1. The number of para-hydroxylation sites is 2. The summed E-state index contributed by atoms with van der Waals surface area (Å²) in [4.78, 5) is 2.50. The fourth-order valence-corrected chi connectivity index (χ4v) is 11.4. The van der Waals surface area contributed by atoms with E-state index in [9.17, 15) is 0 Å². The van der Waals surface area contributed by atoms with Crippen LogP contribution in [0.15, 0.2) is 170 Å². The van der Waals surface area contributed by atoms with E-state index in [2.05, 4.69) is 207 Å². The second-order valence-electron chi connectivity index (χ2n) is 17.0. The van der Waals surface area contributed by atoms with Gasteiger partial charge in [-0.1, -0.05) is 125 Å². The first kappa shape index (κ1) is 32.8. The molecule has 272 valence electrons. The van der Waals surface area contributed by atoms with E-state index in [4.69, 9.17) is 0 Å². The number of hydrogen-bond acceptors (Lipinski definition) is 2. The smallest absolute Gasteiger partial charge is 0.0541 e. The minimum Gasteiger partial charge on any atom is -0.310 e. The Morgan fingerprint density at radius 3 is 1.91 bits per heavy atom. The Morgan fingerprint density at radius 2 is 1.02 bits per heavy atom. The van der Waals surface area contributed by atoms with Crippen molar-refractivity contribution < 1.29 is 0 Å². The van der Waals surface area contributed by atoms with Crippen molar-refractivity contribution >= 4 is 70.4 Å². The normalized spacial score (nSPS) is 14.9. The maximum atomic E-state index is 2.50. The zero-order valence-corrected chi connectivity index (χ0v) is 33.3. The van der Waals surface area contributed by atoms with Gasteiger partial charge in [-0.15, -0.1) is 11.3 Å². The molecule has 0 N–H and O–H groups in total. The van der Waals surface area contributed by atoms with Crippen LogP contribution in [0, 0.1) is 0 Å². The van der Waals surface area contributed by atoms with Crippen molar-refractivity contribution in [1.82, 2.24) is 4.57 Å². The average Bonchev–Trinajstić information content (AvgIpc) is 3.86. The van der Waals surface area contributed by atoms with Crippen LogP contribution < -0.4 is 4.90 Å². The zero-order chi connectivity index (χ0) is 38.2. The molecule has 0 saturated heterocycles. The predicted molar refractivity (Wildman–Crippen MR) is 243 cm³/mol. The maximum absolute atomic E-state index is 2.50. The van der Waals surface area contributed by atoms with Crippen molar-refractivity contribution in [3.63, 3.8) is 0 Å². The second-order valence-corrected chi connectivity index (χ2v) is 18.1. The van der Waals surface area contributed by atoms with E-state index >= 15 is 0 Å². The summed E-state index contributed by atoms with van der Waals surface area (Å²) in [5, 5.41) is 5.18. The summed E-state index contributed by atoms with van der Waals surface area (Å²) in [5.41, 5.74) is 17.7. The Hall–Kier alpha value is -6.42. The van der Waals surface area contributed by atoms with Crippen LogP contribution in [0.2, 0.25) is 0 Å². The van der Waals surface area contributed by atoms with Crippen LogP contribution in [-0.4, -0.2) is 4.57 Å². The molecule has 10 aromatic rings. The molecule has 3 heterocycles. The van der Waals surface area contributed by atoms with Crippen molar-refractivity contribution in [3.8, 4) is 27.9 Å². The molecule has 2 nitrogen and oxygen atoms in total. The van der Waals surface area contributed by atoms with Gasteiger partial charge in [-0.25, -0.2) is 0 Å². The van der Waals surface area contributed by atoms with Crippen LogP contribution in [0.25, 0.3) is 69.9 Å². The third-order valence-electron chi connectivity index (χ3n) is 13.2. The first-order valence-electron chi connectivity index (χ1n) is 20.0. The molecule has 0 spiro atoms. The average molecular weight is 749 g/mol. The van der Waals surface area contributed by atoms with Crippen molar-refractivity contribution in [2.45, 2.75) is 38.5 Å². The molecule has 0 atom stereocenters. The summed E-state index contributed by atoms with van der Waals surface area (Å²) in [6.45, 7) is 9.51. The largest absolute Gasteiger partial charge is 0.310 e. The van der Waals surface area contributed by atoms with Gasteiger partial charge >= 0.3 is 0 Å². The van der Waals surface area contributed by atoms with E-state index in [-0.39, 0.29) is 10.8 Å². The van der Waals surface area contributed by atoms with Gasteiger partial charge in [0.1, 0.15) is 0 Å². The minimum absolute atomic E-state index is 0.0734. The Bertz CT molecular complexity index is 3320. The summed E-state index contributed by atoms with van der Waals surface area (Å²) in [7, 11) is 0. The first-order valence-corrected chi connectivity index (χ1v) is 20.8. The summed E-state index contributed by atoms with van der Waals surface area (Å²) in [5.74, 6) is 0. The van der Waals surface area contributed by atoms with Crippen LogP contribution in [0.5, 0.6) is 0 Å². The van der Waals surface area contributed by atoms with Crippen LogP contribution in [0.3, 0.4) is 0 Å². The SMILES string of the molecule is CC1(C)c2ccccc2-c2ccc(N3c4ccccc4C(C)(C)c4cc(-c5ccc6c(c5)c5ccccc5n6-c5ccc6sc7ccccc7c6c5)ccc43)cc21. The van der Waals surface area contributed by atoms with Gasteiger partial charge in [0.25, 0.3) is 0 Å². The molecule has 0 radical (unpaired) electrons. The third-order valence-corrected chi connectivity index (χ3v) is 14.3. The van der Waals surface area contributed by atoms with Gasteiger partial charge in [0.15, 0.2) is 0 Å². The fourth-order valence-electron chi connectivity index (χ4n) is 10.3. The van der Waals surface area contributed by atoms with Crippen LogP contribution in [0.1, 0.15) is 49.9 Å². The topological polar surface area (TPSA) is 8.17 Å². The maximum Gasteiger partial charge on any atom is 0.0541 e. The predicted octanol–water partition coefficient (Wildman–Crippen LogP) is 15.2. The van der Waals surface area contributed by atoms with Crippen molar-refractivity contribution in [3.05, 3.63) is 192 Å². The number of hydrogen-bond donors (Lipinski definition) is 0. The number of rotatable bonds is 3. The number of fused-ring (bicyclic) bond motifs is 11. The number of anilines is 3. The molecular formula is C54H40N2S. The van der Waals surface area contributed by atoms with Gasteiger partial charge in [-0.2, -0.15) is 0 Å². The third kappa shape index (κ3) is 4.52. The molecule has 0 bridgehead atoms. The zero-order valence-electron chi connectivity index (χ0n) is 32.5. The lowest BCUT2D eigenvalue weighted by Crippen LogP contribution is -2.30. The molecule has 0 unspecified atom stereocenters. The van der Waals surface area contributed by atoms with Gasteiger partial charge in [-0.3, -0.25) is 0 Å². The van der Waals surface area contributed by atoms with E-state index in [1.54, 1.807) is 0 Å². The molecular weight excluding hydrogens is 709 g/mol. The Kier molecular flexibility index (Phi) is 6.65. The highest BCUT2D eigenvalue weighted by molar-refractivity contribution is 7.25. The molecule has 1 aliphatic heterocycles. The lowest BCUT2D eigenvalue weighted by molar-refractivity contribution is 0.632. The second kappa shape index (κ2) is 11.6. The number of benzene rings is 8. The number of nitrogens with zero attached hydrogens (tertiary/aromatic N) is 2.